The van der Waals surface area contributed by atoms with Crippen LogP contribution in [0.2, 0.25) is 0 Å². The summed E-state index contributed by atoms with van der Waals surface area (Å²) in [6, 6.07) is 13.0. The van der Waals surface area contributed by atoms with Crippen molar-refractivity contribution in [2.45, 2.75) is 19.3 Å². The molecular weight excluding hydrogens is 364 g/mol. The van der Waals surface area contributed by atoms with E-state index in [1.807, 2.05) is 24.3 Å². The van der Waals surface area contributed by atoms with Crippen LogP contribution in [0.3, 0.4) is 0 Å². The van der Waals surface area contributed by atoms with Crippen molar-refractivity contribution in [2.24, 2.45) is 0 Å². The van der Waals surface area contributed by atoms with Crippen LogP contribution in [-0.4, -0.2) is 28.1 Å². The molecule has 0 radical (unpaired) electrons. The molecular formula is C19H18N4O5. The summed E-state index contributed by atoms with van der Waals surface area (Å²) in [5.41, 5.74) is 1.30. The lowest BCUT2D eigenvalue weighted by atomic mass is 10.2. The number of hydrogen-bond donors (Lipinski definition) is 1. The normalized spacial score (nSPS) is 10.5. The number of carbonyl (C=O) groups is 1. The summed E-state index contributed by atoms with van der Waals surface area (Å²) in [5, 5.41) is 17.3. The number of anilines is 1. The largest absolute Gasteiger partial charge is 0.497 e. The molecule has 3 rings (SSSR count). The van der Waals surface area contributed by atoms with Gasteiger partial charge in [-0.05, 0) is 42.8 Å². The highest BCUT2D eigenvalue weighted by Crippen LogP contribution is 2.20. The van der Waals surface area contributed by atoms with Gasteiger partial charge in [0.1, 0.15) is 5.75 Å². The van der Waals surface area contributed by atoms with Crippen molar-refractivity contribution in [3.63, 3.8) is 0 Å². The molecule has 0 aliphatic heterocycles. The Labute approximate surface area is 160 Å². The van der Waals surface area contributed by atoms with Gasteiger partial charge in [0.2, 0.25) is 17.6 Å². The lowest BCUT2D eigenvalue weighted by Crippen LogP contribution is -2.11. The molecule has 0 saturated carbocycles. The number of rotatable bonds is 8. The Hall–Kier alpha value is -3.75. The number of nitro benzene ring substituents is 1. The Kier molecular flexibility index (Phi) is 5.95. The van der Waals surface area contributed by atoms with E-state index in [4.69, 9.17) is 9.26 Å². The zero-order chi connectivity index (χ0) is 19.9. The Morgan fingerprint density at radius 3 is 2.54 bits per heavy atom. The average Bonchev–Trinajstić information content (AvgIpc) is 3.17. The quantitative estimate of drug-likeness (QED) is 0.466. The number of aryl methyl sites for hydroxylation is 1. The van der Waals surface area contributed by atoms with E-state index in [-0.39, 0.29) is 18.0 Å². The number of methoxy groups -OCH3 is 1. The molecule has 3 aromatic rings. The van der Waals surface area contributed by atoms with Crippen molar-refractivity contribution in [1.29, 1.82) is 0 Å². The van der Waals surface area contributed by atoms with E-state index in [0.29, 0.717) is 30.2 Å². The van der Waals surface area contributed by atoms with Crippen LogP contribution in [0.1, 0.15) is 18.7 Å². The van der Waals surface area contributed by atoms with Crippen molar-refractivity contribution in [3.05, 3.63) is 64.5 Å². The Morgan fingerprint density at radius 1 is 1.18 bits per heavy atom. The molecule has 1 amide bonds. The van der Waals surface area contributed by atoms with E-state index in [1.165, 1.54) is 24.3 Å². The number of amides is 1. The predicted molar refractivity (Wildman–Crippen MR) is 101 cm³/mol. The third-order valence-corrected chi connectivity index (χ3v) is 3.97. The average molecular weight is 382 g/mol. The minimum absolute atomic E-state index is 0.0259. The molecule has 144 valence electrons. The molecule has 1 heterocycles. The highest BCUT2D eigenvalue weighted by atomic mass is 16.6. The van der Waals surface area contributed by atoms with Crippen LogP contribution in [-0.2, 0) is 11.2 Å². The molecule has 0 aliphatic rings. The number of ether oxygens (including phenoxy) is 1. The predicted octanol–water partition coefficient (Wildman–Crippen LogP) is 3.61. The van der Waals surface area contributed by atoms with E-state index in [2.05, 4.69) is 15.5 Å². The van der Waals surface area contributed by atoms with Gasteiger partial charge in [0, 0.05) is 36.2 Å². The second kappa shape index (κ2) is 8.76. The second-order valence-electron chi connectivity index (χ2n) is 5.95. The standard InChI is InChI=1S/C19H18N4O5/c1-27-16-11-5-13(6-12-16)19-21-18(28-22-19)4-2-3-17(24)20-14-7-9-15(10-8-14)23(25)26/h5-12H,2-4H2,1H3,(H,20,24). The van der Waals surface area contributed by atoms with Gasteiger partial charge in [0.15, 0.2) is 0 Å². The molecule has 0 unspecified atom stereocenters. The van der Waals surface area contributed by atoms with Crippen molar-refractivity contribution in [2.75, 3.05) is 12.4 Å². The van der Waals surface area contributed by atoms with Gasteiger partial charge < -0.3 is 14.6 Å². The van der Waals surface area contributed by atoms with Gasteiger partial charge in [0.05, 0.1) is 12.0 Å². The zero-order valence-electron chi connectivity index (χ0n) is 15.1. The summed E-state index contributed by atoms with van der Waals surface area (Å²) >= 11 is 0. The molecule has 1 aromatic heterocycles. The van der Waals surface area contributed by atoms with Crippen LogP contribution in [0.4, 0.5) is 11.4 Å². The molecule has 9 nitrogen and oxygen atoms in total. The number of carbonyl (C=O) groups excluding carboxylic acids is 1. The molecule has 0 aliphatic carbocycles. The Bertz CT molecular complexity index is 951. The summed E-state index contributed by atoms with van der Waals surface area (Å²) in [7, 11) is 1.60. The van der Waals surface area contributed by atoms with Crippen molar-refractivity contribution < 1.29 is 19.0 Å². The molecule has 2 aromatic carbocycles. The van der Waals surface area contributed by atoms with Crippen LogP contribution >= 0.6 is 0 Å². The lowest BCUT2D eigenvalue weighted by molar-refractivity contribution is -0.384. The monoisotopic (exact) mass is 382 g/mol. The third kappa shape index (κ3) is 4.91. The molecule has 9 heteroatoms. The van der Waals surface area contributed by atoms with Crippen molar-refractivity contribution in [3.8, 4) is 17.1 Å². The molecule has 0 spiro atoms. The highest BCUT2D eigenvalue weighted by Gasteiger charge is 2.11. The first-order chi connectivity index (χ1) is 13.5. The van der Waals surface area contributed by atoms with E-state index < -0.39 is 4.92 Å². The molecule has 0 bridgehead atoms. The summed E-state index contributed by atoms with van der Waals surface area (Å²) in [5.74, 6) is 1.48. The van der Waals surface area contributed by atoms with Gasteiger partial charge in [-0.15, -0.1) is 0 Å². The van der Waals surface area contributed by atoms with Gasteiger partial charge in [-0.2, -0.15) is 4.98 Å². The van der Waals surface area contributed by atoms with Gasteiger partial charge in [-0.3, -0.25) is 14.9 Å². The minimum atomic E-state index is -0.490. The first-order valence-electron chi connectivity index (χ1n) is 8.56. The van der Waals surface area contributed by atoms with E-state index >= 15 is 0 Å². The number of benzene rings is 2. The summed E-state index contributed by atoms with van der Waals surface area (Å²) < 4.78 is 10.3. The van der Waals surface area contributed by atoms with Crippen LogP contribution in [0.15, 0.2) is 53.1 Å². The van der Waals surface area contributed by atoms with Gasteiger partial charge >= 0.3 is 0 Å². The van der Waals surface area contributed by atoms with Crippen LogP contribution in [0.5, 0.6) is 5.75 Å². The lowest BCUT2D eigenvalue weighted by Gasteiger charge is -2.04. The second-order valence-corrected chi connectivity index (χ2v) is 5.95. The smallest absolute Gasteiger partial charge is 0.269 e. The molecule has 1 N–H and O–H groups in total. The maximum absolute atomic E-state index is 12.0. The topological polar surface area (TPSA) is 120 Å². The first kappa shape index (κ1) is 19.0. The van der Waals surface area contributed by atoms with E-state index in [0.717, 1.165) is 11.3 Å². The third-order valence-electron chi connectivity index (χ3n) is 3.97. The van der Waals surface area contributed by atoms with Crippen LogP contribution < -0.4 is 10.1 Å². The maximum atomic E-state index is 12.0. The van der Waals surface area contributed by atoms with Crippen molar-refractivity contribution >= 4 is 17.3 Å². The van der Waals surface area contributed by atoms with Crippen molar-refractivity contribution in [1.82, 2.24) is 10.1 Å². The SMILES string of the molecule is COc1ccc(-c2noc(CCCC(=O)Nc3ccc([N+](=O)[O-])cc3)n2)cc1. The number of nitro groups is 1. The Balaban J connectivity index is 1.47. The van der Waals surface area contributed by atoms with E-state index in [1.54, 1.807) is 7.11 Å². The van der Waals surface area contributed by atoms with Gasteiger partial charge in [-0.1, -0.05) is 5.16 Å². The molecule has 28 heavy (non-hydrogen) atoms. The summed E-state index contributed by atoms with van der Waals surface area (Å²) in [6.45, 7) is 0. The van der Waals surface area contributed by atoms with E-state index in [9.17, 15) is 14.9 Å². The number of nitrogens with zero attached hydrogens (tertiary/aromatic N) is 3. The summed E-state index contributed by atoms with van der Waals surface area (Å²) in [6.07, 6.45) is 1.26. The Morgan fingerprint density at radius 2 is 1.89 bits per heavy atom. The highest BCUT2D eigenvalue weighted by molar-refractivity contribution is 5.90. The van der Waals surface area contributed by atoms with Crippen LogP contribution in [0, 0.1) is 10.1 Å². The van der Waals surface area contributed by atoms with Gasteiger partial charge in [-0.25, -0.2) is 0 Å². The fourth-order valence-electron chi connectivity index (χ4n) is 2.50. The fraction of sp³-hybridized carbons (Fsp3) is 0.211. The maximum Gasteiger partial charge on any atom is 0.269 e. The number of aromatic nitrogens is 2. The summed E-state index contributed by atoms with van der Waals surface area (Å²) in [4.78, 5) is 26.4. The number of nitrogens with one attached hydrogen (secondary N) is 1. The first-order valence-corrected chi connectivity index (χ1v) is 8.56. The molecule has 0 saturated heterocycles. The number of hydrogen-bond acceptors (Lipinski definition) is 7. The minimum Gasteiger partial charge on any atom is -0.497 e. The zero-order valence-corrected chi connectivity index (χ0v) is 15.1. The fourth-order valence-corrected chi connectivity index (χ4v) is 2.50. The van der Waals surface area contributed by atoms with Gasteiger partial charge in [0.25, 0.3) is 5.69 Å². The number of non-ortho nitro benzene ring substituents is 1. The van der Waals surface area contributed by atoms with Crippen LogP contribution in [0.25, 0.3) is 11.4 Å². The molecule has 0 atom stereocenters. The molecule has 0 fully saturated rings.